The van der Waals surface area contributed by atoms with Gasteiger partial charge in [0, 0.05) is 53.8 Å². The number of aliphatic hydroxyl groups is 1. The first-order valence-electron chi connectivity index (χ1n) is 23.4. The van der Waals surface area contributed by atoms with Crippen LogP contribution in [-0.4, -0.2) is 102 Å². The molecule has 0 saturated heterocycles. The van der Waals surface area contributed by atoms with Crippen molar-refractivity contribution >= 4 is 94.4 Å². The number of benzene rings is 4. The largest absolute Gasteiger partial charge is 1.00 e. The van der Waals surface area contributed by atoms with Gasteiger partial charge < -0.3 is 50.7 Å². The molecule has 20 nitrogen and oxygen atoms in total. The van der Waals surface area contributed by atoms with E-state index in [9.17, 15) is 47.9 Å². The summed E-state index contributed by atoms with van der Waals surface area (Å²) < 4.78 is 29.0. The van der Waals surface area contributed by atoms with Gasteiger partial charge in [0.2, 0.25) is 5.24 Å². The smallest absolute Gasteiger partial charge is 1.00 e. The number of para-hydroxylation sites is 4. The van der Waals surface area contributed by atoms with Gasteiger partial charge in [0.1, 0.15) is 34.1 Å². The molecular formula is C62H95ClIKN2O18. The summed E-state index contributed by atoms with van der Waals surface area (Å²) >= 11 is 5.02. The fourth-order valence-corrected chi connectivity index (χ4v) is 5.44. The summed E-state index contributed by atoms with van der Waals surface area (Å²) in [6, 6.07) is 25.4. The van der Waals surface area contributed by atoms with Crippen molar-refractivity contribution in [3.8, 4) is 23.0 Å². The Labute approximate surface area is 571 Å². The predicted molar refractivity (Wildman–Crippen MR) is 344 cm³/mol. The summed E-state index contributed by atoms with van der Waals surface area (Å²) in [6.45, 7) is 10.0. The summed E-state index contributed by atoms with van der Waals surface area (Å²) in [5.74, 6) is -3.81. The normalized spacial score (nSPS) is 8.81. The van der Waals surface area contributed by atoms with Crippen molar-refractivity contribution in [1.82, 2.24) is 10.6 Å². The number of allylic oxidation sites excluding steroid dienone is 3. The molecule has 0 aliphatic heterocycles. The molecule has 4 aromatic rings. The third-order valence-corrected chi connectivity index (χ3v) is 8.70. The van der Waals surface area contributed by atoms with Crippen molar-refractivity contribution < 1.29 is 139 Å². The van der Waals surface area contributed by atoms with Gasteiger partial charge >= 0.3 is 93.2 Å². The molecule has 0 aliphatic rings. The van der Waals surface area contributed by atoms with Crippen LogP contribution in [0.15, 0.2) is 121 Å². The predicted octanol–water partition coefficient (Wildman–Crippen LogP) is 10.4. The number of methoxy groups -OCH3 is 1. The zero-order valence-corrected chi connectivity index (χ0v) is 51.0. The zero-order chi connectivity index (χ0) is 57.3. The summed E-state index contributed by atoms with van der Waals surface area (Å²) in [4.78, 5) is 110. The van der Waals surface area contributed by atoms with Gasteiger partial charge in [-0.1, -0.05) is 139 Å². The van der Waals surface area contributed by atoms with Gasteiger partial charge in [0.25, 0.3) is 11.8 Å². The molecule has 23 heteroatoms. The second-order valence-corrected chi connectivity index (χ2v) is 15.3. The molecule has 0 unspecified atom stereocenters. The van der Waals surface area contributed by atoms with E-state index in [4.69, 9.17) is 40.8 Å². The number of hydrogen-bond donors (Lipinski definition) is 4. The van der Waals surface area contributed by atoms with E-state index in [1.807, 2.05) is 26.0 Å². The number of rotatable bonds is 21. The third kappa shape index (κ3) is 49.8. The molecule has 2 amide bonds. The van der Waals surface area contributed by atoms with Crippen LogP contribution in [-0.2, 0) is 38.2 Å². The average molecular weight is 1360 g/mol. The van der Waals surface area contributed by atoms with Crippen LogP contribution >= 0.6 is 35.6 Å². The van der Waals surface area contributed by atoms with E-state index >= 15 is 0 Å². The van der Waals surface area contributed by atoms with Crippen LogP contribution in [0.4, 0.5) is 0 Å². The number of amides is 2. The van der Waals surface area contributed by atoms with Crippen molar-refractivity contribution in [2.45, 2.75) is 132 Å². The molecule has 0 saturated carbocycles. The van der Waals surface area contributed by atoms with Gasteiger partial charge in [0.15, 0.2) is 0 Å². The molecule has 4 aromatic carbocycles. The average Bonchev–Trinajstić information content (AvgIpc) is 3.37. The van der Waals surface area contributed by atoms with Crippen LogP contribution in [0.5, 0.6) is 23.0 Å². The van der Waals surface area contributed by atoms with Gasteiger partial charge in [-0.25, -0.2) is 9.59 Å². The minimum absolute atomic E-state index is 0. The molecule has 85 heavy (non-hydrogen) atoms. The van der Waals surface area contributed by atoms with Crippen LogP contribution in [0.2, 0.25) is 0 Å². The van der Waals surface area contributed by atoms with E-state index in [-0.39, 0.29) is 211 Å². The topological polar surface area (TPSA) is 291 Å². The molecule has 0 fully saturated rings. The molecule has 4 rings (SSSR count). The summed E-state index contributed by atoms with van der Waals surface area (Å²) in [7, 11) is 1.27. The van der Waals surface area contributed by atoms with Gasteiger partial charge in [0.05, 0.1) is 31.3 Å². The van der Waals surface area contributed by atoms with E-state index < -0.39 is 35.8 Å². The van der Waals surface area contributed by atoms with Crippen LogP contribution < -0.4 is 81.0 Å². The first-order valence-corrected chi connectivity index (χ1v) is 23.8. The van der Waals surface area contributed by atoms with E-state index in [0.717, 1.165) is 12.8 Å². The third-order valence-electron chi connectivity index (χ3n) is 8.55. The van der Waals surface area contributed by atoms with Crippen molar-refractivity contribution in [2.75, 3.05) is 33.4 Å². The Morgan fingerprint density at radius 2 is 0.824 bits per heavy atom. The SMILES string of the molecule is C.C.C.C.C.C.C.CC(=O)Oc1ccccc1C(=O)NCCCO.CC(=O)Oc1ccccc1C(=O)O.CC/C=C\CC(=O)Cl.CC/C=C\CC(=O)OCCCNC(=O)c1ccccc1OC(C)=O.COC(=O)c1ccccc1OC(C)=O.I.[H-].[K+]. The number of hydrogen-bond acceptors (Lipinski definition) is 17. The number of halogens is 2. The molecule has 0 spiro atoms. The van der Waals surface area contributed by atoms with Crippen molar-refractivity contribution in [3.05, 3.63) is 144 Å². The Kier molecular flexibility index (Phi) is 74.0. The zero-order valence-electron chi connectivity index (χ0n) is 45.8. The number of aliphatic hydroxyl groups excluding tert-OH is 1. The number of carbonyl (C=O) groups is 10. The summed E-state index contributed by atoms with van der Waals surface area (Å²) in [5.41, 5.74) is 0.818. The minimum Gasteiger partial charge on any atom is -1.00 e. The van der Waals surface area contributed by atoms with E-state index in [1.165, 1.54) is 59.1 Å². The van der Waals surface area contributed by atoms with Crippen molar-refractivity contribution in [1.29, 1.82) is 0 Å². The molecule has 0 heterocycles. The Morgan fingerprint density at radius 3 is 1.15 bits per heavy atom. The van der Waals surface area contributed by atoms with E-state index in [0.29, 0.717) is 37.9 Å². The maximum absolute atomic E-state index is 12.1. The molecule has 0 radical (unpaired) electrons. The van der Waals surface area contributed by atoms with Crippen LogP contribution in [0.1, 0.15) is 175 Å². The fraction of sp³-hybridized carbons (Fsp3) is 0.387. The molecule has 0 atom stereocenters. The first-order chi connectivity index (χ1) is 36.2. The van der Waals surface area contributed by atoms with E-state index in [2.05, 4.69) is 20.1 Å². The fourth-order valence-electron chi connectivity index (χ4n) is 5.35. The van der Waals surface area contributed by atoms with Crippen LogP contribution in [0, 0.1) is 0 Å². The molecular weight excluding hydrogens is 1260 g/mol. The quantitative estimate of drug-likeness (QED) is 0.0115. The Hall–Kier alpha value is -6.12. The second-order valence-electron chi connectivity index (χ2n) is 14.8. The Balaban J connectivity index is -0.0000000913. The van der Waals surface area contributed by atoms with Gasteiger partial charge in [-0.15, -0.1) is 24.0 Å². The minimum atomic E-state index is -1.11. The maximum atomic E-state index is 12.1. The molecule has 0 bridgehead atoms. The maximum Gasteiger partial charge on any atom is 1.00 e. The molecule has 0 aromatic heterocycles. The number of carboxylic acids is 1. The van der Waals surface area contributed by atoms with Crippen LogP contribution in [0.3, 0.4) is 0 Å². The summed E-state index contributed by atoms with van der Waals surface area (Å²) in [5, 5.41) is 22.3. The second kappa shape index (κ2) is 62.4. The van der Waals surface area contributed by atoms with Gasteiger partial charge in [-0.2, -0.15) is 0 Å². The number of carboxylic acid groups (broad SMARTS) is 1. The van der Waals surface area contributed by atoms with Crippen LogP contribution in [0.25, 0.3) is 0 Å². The number of nitrogens with one attached hydrogen (secondary N) is 2. The number of esters is 6. The number of aromatic carboxylic acids is 1. The molecule has 4 N–H and O–H groups in total. The molecule has 0 aliphatic carbocycles. The summed E-state index contributed by atoms with van der Waals surface area (Å²) in [6.07, 6.45) is 10.8. The van der Waals surface area contributed by atoms with Gasteiger partial charge in [-0.3, -0.25) is 38.4 Å². The van der Waals surface area contributed by atoms with E-state index in [1.54, 1.807) is 84.9 Å². The Morgan fingerprint density at radius 1 is 0.506 bits per heavy atom. The Bertz CT molecular complexity index is 2600. The number of ether oxygens (including phenoxy) is 6. The molecule has 476 valence electrons. The number of carbonyl (C=O) groups excluding carboxylic acids is 9. The van der Waals surface area contributed by atoms with Crippen molar-refractivity contribution in [3.63, 3.8) is 0 Å². The first kappa shape index (κ1) is 101. The monoisotopic (exact) mass is 1360 g/mol. The van der Waals surface area contributed by atoms with Crippen molar-refractivity contribution in [2.24, 2.45) is 0 Å². The standard InChI is InChI=1S/C18H23NO5.C12H15NO4.C10H10O4.C9H8O4.C6H9ClO.7CH4.HI.K.H/c1-3-4-5-11-17(21)23-13-8-12-19-18(22)15-9-6-7-10-16(15)24-14(2)20;1-9(15)17-11-6-3-2-5-10(11)12(16)13-7-4-8-14;1-7(11)14-9-6-4-3-5-8(9)10(12)13-2;1-6(10)13-8-5-3-2-4-7(8)9(11)12;1-2-3-4-5-6(7)8;;;;;;;;;;/h4-7,9-10H,3,8,11-13H2,1-2H3,(H,19,22);2-3,5-6,14H,4,7-8H2,1H3,(H,13,16);3-6H,1-2H3;2-5H,1H3,(H,11,12);3-4H,2,5H2,1H3;7*1H4;1H;;/q;;;;;;;;;;;;;+1;-1/b5-4-;;;;4-3-;;;;;;;;;;. The van der Waals surface area contributed by atoms with Gasteiger partial charge in [-0.05, 0) is 85.8 Å².